The minimum atomic E-state index is 0. The summed E-state index contributed by atoms with van der Waals surface area (Å²) in [5.41, 5.74) is 1.25. The fourth-order valence-corrected chi connectivity index (χ4v) is 2.90. The van der Waals surface area contributed by atoms with Crippen molar-refractivity contribution in [2.24, 2.45) is 0 Å². The normalized spacial score (nSPS) is 14.4. The van der Waals surface area contributed by atoms with Gasteiger partial charge >= 0.3 is 0 Å². The third kappa shape index (κ3) is 3.60. The molecule has 1 aliphatic rings. The van der Waals surface area contributed by atoms with Crippen LogP contribution in [0.4, 0.5) is 5.82 Å². The molecule has 104 valence electrons. The summed E-state index contributed by atoms with van der Waals surface area (Å²) in [6.07, 6.45) is 1.88. The molecule has 3 rings (SSSR count). The van der Waals surface area contributed by atoms with Crippen molar-refractivity contribution in [3.8, 4) is 10.4 Å². The van der Waals surface area contributed by atoms with Crippen molar-refractivity contribution in [3.05, 3.63) is 35.8 Å². The Balaban J connectivity index is 0.000000902. The molecule has 0 aliphatic carbocycles. The van der Waals surface area contributed by atoms with Crippen molar-refractivity contribution < 1.29 is 0 Å². The van der Waals surface area contributed by atoms with Crippen molar-refractivity contribution in [3.63, 3.8) is 0 Å². The summed E-state index contributed by atoms with van der Waals surface area (Å²) in [5.74, 6) is 1.12. The maximum Gasteiger partial charge on any atom is 0.137 e. The van der Waals surface area contributed by atoms with Crippen LogP contribution in [0.1, 0.15) is 0 Å². The van der Waals surface area contributed by atoms with E-state index < -0.39 is 0 Å². The SMILES string of the molecule is Cl.Cl.c1csc(-c2cccnc2N2CCNCC2)c1. The quantitative estimate of drug-likeness (QED) is 0.922. The van der Waals surface area contributed by atoms with Crippen molar-refractivity contribution >= 4 is 42.0 Å². The largest absolute Gasteiger partial charge is 0.354 e. The highest BCUT2D eigenvalue weighted by Crippen LogP contribution is 2.31. The molecule has 6 heteroatoms. The van der Waals surface area contributed by atoms with Gasteiger partial charge in [0, 0.05) is 42.8 Å². The molecule has 0 bridgehead atoms. The zero-order valence-corrected chi connectivity index (χ0v) is 12.9. The Hall–Kier alpha value is -0.810. The van der Waals surface area contributed by atoms with Crippen LogP contribution in [-0.4, -0.2) is 31.2 Å². The van der Waals surface area contributed by atoms with Gasteiger partial charge < -0.3 is 10.2 Å². The van der Waals surface area contributed by atoms with E-state index in [-0.39, 0.29) is 24.8 Å². The summed E-state index contributed by atoms with van der Waals surface area (Å²) in [7, 11) is 0. The molecule has 1 fully saturated rings. The fourth-order valence-electron chi connectivity index (χ4n) is 2.15. The van der Waals surface area contributed by atoms with Crippen LogP contribution in [0.25, 0.3) is 10.4 Å². The number of hydrogen-bond acceptors (Lipinski definition) is 4. The van der Waals surface area contributed by atoms with E-state index in [9.17, 15) is 0 Å². The number of nitrogens with zero attached hydrogens (tertiary/aromatic N) is 2. The van der Waals surface area contributed by atoms with Gasteiger partial charge in [0.1, 0.15) is 5.82 Å². The molecule has 0 atom stereocenters. The highest BCUT2D eigenvalue weighted by molar-refractivity contribution is 7.13. The van der Waals surface area contributed by atoms with Crippen LogP contribution in [0.2, 0.25) is 0 Å². The highest BCUT2D eigenvalue weighted by Gasteiger charge is 2.16. The van der Waals surface area contributed by atoms with E-state index in [2.05, 4.69) is 38.8 Å². The third-order valence-corrected chi connectivity index (χ3v) is 3.89. The summed E-state index contributed by atoms with van der Waals surface area (Å²) < 4.78 is 0. The summed E-state index contributed by atoms with van der Waals surface area (Å²) in [6, 6.07) is 8.43. The number of halogens is 2. The Morgan fingerprint density at radius 2 is 1.89 bits per heavy atom. The molecule has 0 amide bonds. The number of nitrogens with one attached hydrogen (secondary N) is 1. The zero-order valence-electron chi connectivity index (χ0n) is 10.4. The second-order valence-electron chi connectivity index (χ2n) is 4.09. The van der Waals surface area contributed by atoms with Crippen LogP contribution in [0.5, 0.6) is 0 Å². The van der Waals surface area contributed by atoms with Gasteiger partial charge in [-0.15, -0.1) is 36.2 Å². The Labute approximate surface area is 129 Å². The first-order chi connectivity index (χ1) is 8.45. The molecule has 0 saturated carbocycles. The number of piperazine rings is 1. The average molecular weight is 318 g/mol. The lowest BCUT2D eigenvalue weighted by Gasteiger charge is -2.29. The maximum absolute atomic E-state index is 4.56. The fraction of sp³-hybridized carbons (Fsp3) is 0.308. The van der Waals surface area contributed by atoms with Gasteiger partial charge in [-0.1, -0.05) is 6.07 Å². The number of anilines is 1. The Kier molecular flexibility index (Phi) is 6.58. The van der Waals surface area contributed by atoms with E-state index in [1.807, 2.05) is 12.3 Å². The summed E-state index contributed by atoms with van der Waals surface area (Å²) in [5, 5.41) is 5.49. The van der Waals surface area contributed by atoms with E-state index in [0.717, 1.165) is 32.0 Å². The van der Waals surface area contributed by atoms with Crippen LogP contribution in [0.15, 0.2) is 35.8 Å². The molecule has 19 heavy (non-hydrogen) atoms. The van der Waals surface area contributed by atoms with Crippen molar-refractivity contribution in [2.45, 2.75) is 0 Å². The highest BCUT2D eigenvalue weighted by atomic mass is 35.5. The molecule has 0 spiro atoms. The Bertz CT molecular complexity index is 484. The van der Waals surface area contributed by atoms with Gasteiger partial charge in [0.25, 0.3) is 0 Å². The molecule has 3 heterocycles. The smallest absolute Gasteiger partial charge is 0.137 e. The Morgan fingerprint density at radius 3 is 2.58 bits per heavy atom. The molecular formula is C13H17Cl2N3S. The van der Waals surface area contributed by atoms with Gasteiger partial charge in [-0.25, -0.2) is 4.98 Å². The second kappa shape index (κ2) is 7.70. The monoisotopic (exact) mass is 317 g/mol. The lowest BCUT2D eigenvalue weighted by Crippen LogP contribution is -2.44. The van der Waals surface area contributed by atoms with Crippen LogP contribution in [0, 0.1) is 0 Å². The minimum Gasteiger partial charge on any atom is -0.354 e. The number of aromatic nitrogens is 1. The van der Waals surface area contributed by atoms with Crippen molar-refractivity contribution in [2.75, 3.05) is 31.1 Å². The van der Waals surface area contributed by atoms with E-state index in [1.54, 1.807) is 11.3 Å². The average Bonchev–Trinajstić information content (AvgIpc) is 2.94. The predicted molar refractivity (Wildman–Crippen MR) is 87.1 cm³/mol. The topological polar surface area (TPSA) is 28.2 Å². The van der Waals surface area contributed by atoms with Crippen LogP contribution in [0.3, 0.4) is 0 Å². The molecule has 1 saturated heterocycles. The van der Waals surface area contributed by atoms with E-state index >= 15 is 0 Å². The Morgan fingerprint density at radius 1 is 1.11 bits per heavy atom. The van der Waals surface area contributed by atoms with E-state index in [1.165, 1.54) is 10.4 Å². The van der Waals surface area contributed by atoms with Gasteiger partial charge in [-0.3, -0.25) is 0 Å². The molecular weight excluding hydrogens is 301 g/mol. The first kappa shape index (κ1) is 16.2. The number of rotatable bonds is 2. The van der Waals surface area contributed by atoms with Gasteiger partial charge in [-0.05, 0) is 23.6 Å². The molecule has 1 N–H and O–H groups in total. The molecule has 0 aromatic carbocycles. The molecule has 2 aromatic rings. The van der Waals surface area contributed by atoms with E-state index in [4.69, 9.17) is 0 Å². The van der Waals surface area contributed by atoms with E-state index in [0.29, 0.717) is 0 Å². The van der Waals surface area contributed by atoms with Gasteiger partial charge in [0.05, 0.1) is 0 Å². The zero-order chi connectivity index (χ0) is 11.5. The maximum atomic E-state index is 4.56. The van der Waals surface area contributed by atoms with Crippen LogP contribution < -0.4 is 10.2 Å². The van der Waals surface area contributed by atoms with Crippen molar-refractivity contribution in [1.82, 2.24) is 10.3 Å². The molecule has 2 aromatic heterocycles. The lowest BCUT2D eigenvalue weighted by molar-refractivity contribution is 0.585. The molecule has 0 unspecified atom stereocenters. The first-order valence-electron chi connectivity index (χ1n) is 5.90. The van der Waals surface area contributed by atoms with Gasteiger partial charge in [0.15, 0.2) is 0 Å². The number of pyridine rings is 1. The number of hydrogen-bond donors (Lipinski definition) is 1. The molecule has 0 radical (unpaired) electrons. The van der Waals surface area contributed by atoms with Crippen LogP contribution in [-0.2, 0) is 0 Å². The molecule has 3 nitrogen and oxygen atoms in total. The van der Waals surface area contributed by atoms with Gasteiger partial charge in [0.2, 0.25) is 0 Å². The number of thiophene rings is 1. The van der Waals surface area contributed by atoms with Crippen LogP contribution >= 0.6 is 36.2 Å². The molecule has 1 aliphatic heterocycles. The lowest BCUT2D eigenvalue weighted by atomic mass is 10.2. The van der Waals surface area contributed by atoms with Crippen molar-refractivity contribution in [1.29, 1.82) is 0 Å². The summed E-state index contributed by atoms with van der Waals surface area (Å²) in [6.45, 7) is 4.16. The second-order valence-corrected chi connectivity index (χ2v) is 5.04. The third-order valence-electron chi connectivity index (χ3n) is 2.99. The summed E-state index contributed by atoms with van der Waals surface area (Å²) >= 11 is 1.77. The first-order valence-corrected chi connectivity index (χ1v) is 6.78. The van der Waals surface area contributed by atoms with Gasteiger partial charge in [-0.2, -0.15) is 0 Å². The summed E-state index contributed by atoms with van der Waals surface area (Å²) in [4.78, 5) is 8.23. The standard InChI is InChI=1S/C13H15N3S.2ClH/c1-3-11(12-4-2-10-17-12)13(15-5-1)16-8-6-14-7-9-16;;/h1-5,10,14H,6-9H2;2*1H. The predicted octanol–water partition coefficient (Wildman–Crippen LogP) is 3.06. The minimum absolute atomic E-state index is 0.